The summed E-state index contributed by atoms with van der Waals surface area (Å²) in [6.07, 6.45) is 2.50. The molecule has 0 aliphatic carbocycles. The number of likely N-dealkylation sites (tertiary alicyclic amines) is 1. The van der Waals surface area contributed by atoms with E-state index in [4.69, 9.17) is 5.73 Å². The van der Waals surface area contributed by atoms with Gasteiger partial charge in [-0.1, -0.05) is 6.92 Å². The summed E-state index contributed by atoms with van der Waals surface area (Å²) in [7, 11) is 0. The SMILES string of the molecule is CC1CCN(Cc2sc(N)nc2-c2ccc(F)cc2)CC1. The molecule has 0 amide bonds. The van der Waals surface area contributed by atoms with Crippen LogP contribution in [0.5, 0.6) is 0 Å². The Balaban J connectivity index is 1.81. The van der Waals surface area contributed by atoms with Gasteiger partial charge in [-0.3, -0.25) is 4.90 Å². The van der Waals surface area contributed by atoms with E-state index in [0.29, 0.717) is 5.13 Å². The van der Waals surface area contributed by atoms with E-state index in [9.17, 15) is 4.39 Å². The number of piperidine rings is 1. The molecular weight excluding hydrogens is 285 g/mol. The maximum Gasteiger partial charge on any atom is 0.180 e. The Morgan fingerprint density at radius 3 is 2.62 bits per heavy atom. The van der Waals surface area contributed by atoms with Crippen molar-refractivity contribution in [2.24, 2.45) is 5.92 Å². The minimum absolute atomic E-state index is 0.228. The topological polar surface area (TPSA) is 42.1 Å². The zero-order valence-electron chi connectivity index (χ0n) is 12.2. The molecule has 1 saturated heterocycles. The first-order chi connectivity index (χ1) is 10.1. The van der Waals surface area contributed by atoms with E-state index in [1.54, 1.807) is 12.1 Å². The number of nitrogens with two attached hydrogens (primary N) is 1. The molecule has 2 aromatic rings. The summed E-state index contributed by atoms with van der Waals surface area (Å²) in [5, 5.41) is 0.578. The Hall–Kier alpha value is -1.46. The third kappa shape index (κ3) is 3.41. The van der Waals surface area contributed by atoms with Gasteiger partial charge in [0.05, 0.1) is 5.69 Å². The number of nitrogen functional groups attached to an aromatic ring is 1. The molecular formula is C16H20FN3S. The number of rotatable bonds is 3. The van der Waals surface area contributed by atoms with Crippen molar-refractivity contribution < 1.29 is 4.39 Å². The number of benzene rings is 1. The number of hydrogen-bond acceptors (Lipinski definition) is 4. The summed E-state index contributed by atoms with van der Waals surface area (Å²) >= 11 is 1.54. The van der Waals surface area contributed by atoms with E-state index in [0.717, 1.165) is 36.8 Å². The first-order valence-corrected chi connectivity index (χ1v) is 8.17. The highest BCUT2D eigenvalue weighted by molar-refractivity contribution is 7.15. The Bertz CT molecular complexity index is 600. The second-order valence-electron chi connectivity index (χ2n) is 5.79. The number of anilines is 1. The maximum absolute atomic E-state index is 13.1. The third-order valence-corrected chi connectivity index (χ3v) is 4.94. The van der Waals surface area contributed by atoms with E-state index < -0.39 is 0 Å². The van der Waals surface area contributed by atoms with Crippen molar-refractivity contribution in [1.29, 1.82) is 0 Å². The van der Waals surface area contributed by atoms with Crippen LogP contribution < -0.4 is 5.73 Å². The van der Waals surface area contributed by atoms with Gasteiger partial charge in [0, 0.05) is 17.0 Å². The quantitative estimate of drug-likeness (QED) is 0.938. The van der Waals surface area contributed by atoms with Gasteiger partial charge in [-0.05, 0) is 56.1 Å². The Morgan fingerprint density at radius 1 is 1.29 bits per heavy atom. The van der Waals surface area contributed by atoms with Crippen LogP contribution in [0.2, 0.25) is 0 Å². The molecule has 1 aromatic heterocycles. The van der Waals surface area contributed by atoms with Gasteiger partial charge in [0.15, 0.2) is 5.13 Å². The second-order valence-corrected chi connectivity index (χ2v) is 6.90. The minimum atomic E-state index is -0.228. The summed E-state index contributed by atoms with van der Waals surface area (Å²) in [6, 6.07) is 6.48. The van der Waals surface area contributed by atoms with Crippen LogP contribution >= 0.6 is 11.3 Å². The highest BCUT2D eigenvalue weighted by atomic mass is 32.1. The summed E-state index contributed by atoms with van der Waals surface area (Å²) in [4.78, 5) is 8.07. The number of halogens is 1. The average molecular weight is 305 g/mol. The molecule has 3 nitrogen and oxygen atoms in total. The number of nitrogens with zero attached hydrogens (tertiary/aromatic N) is 2. The van der Waals surface area contributed by atoms with Crippen molar-refractivity contribution in [1.82, 2.24) is 9.88 Å². The molecule has 0 radical (unpaired) electrons. The predicted octanol–water partition coefficient (Wildman–Crippen LogP) is 3.76. The predicted molar refractivity (Wildman–Crippen MR) is 85.6 cm³/mol. The molecule has 0 bridgehead atoms. The fraction of sp³-hybridized carbons (Fsp3) is 0.438. The largest absolute Gasteiger partial charge is 0.375 e. The zero-order chi connectivity index (χ0) is 14.8. The summed E-state index contributed by atoms with van der Waals surface area (Å²) < 4.78 is 13.1. The van der Waals surface area contributed by atoms with Crippen molar-refractivity contribution in [2.45, 2.75) is 26.3 Å². The molecule has 2 N–H and O–H groups in total. The first-order valence-electron chi connectivity index (χ1n) is 7.35. The van der Waals surface area contributed by atoms with Crippen LogP contribution in [0.3, 0.4) is 0 Å². The average Bonchev–Trinajstić information content (AvgIpc) is 2.83. The van der Waals surface area contributed by atoms with Crippen molar-refractivity contribution >= 4 is 16.5 Å². The van der Waals surface area contributed by atoms with Gasteiger partial charge in [0.25, 0.3) is 0 Å². The highest BCUT2D eigenvalue weighted by Crippen LogP contribution is 2.31. The third-order valence-electron chi connectivity index (χ3n) is 4.08. The molecule has 0 spiro atoms. The monoisotopic (exact) mass is 305 g/mol. The maximum atomic E-state index is 13.1. The molecule has 5 heteroatoms. The molecule has 1 aromatic carbocycles. The lowest BCUT2D eigenvalue weighted by molar-refractivity contribution is 0.187. The van der Waals surface area contributed by atoms with Crippen molar-refractivity contribution in [2.75, 3.05) is 18.8 Å². The molecule has 1 aliphatic heterocycles. The molecule has 2 heterocycles. The number of aromatic nitrogens is 1. The molecule has 0 atom stereocenters. The van der Waals surface area contributed by atoms with E-state index in [1.165, 1.54) is 41.2 Å². The summed E-state index contributed by atoms with van der Waals surface area (Å²) in [5.74, 6) is 0.595. The van der Waals surface area contributed by atoms with Crippen LogP contribution in [-0.4, -0.2) is 23.0 Å². The Labute approximate surface area is 128 Å². The molecule has 1 aliphatic rings. The van der Waals surface area contributed by atoms with Gasteiger partial charge in [0.1, 0.15) is 5.82 Å². The van der Waals surface area contributed by atoms with Crippen LogP contribution in [0.25, 0.3) is 11.3 Å². The first kappa shape index (κ1) is 14.5. The van der Waals surface area contributed by atoms with E-state index >= 15 is 0 Å². The van der Waals surface area contributed by atoms with Gasteiger partial charge in [0.2, 0.25) is 0 Å². The molecule has 0 saturated carbocycles. The van der Waals surface area contributed by atoms with E-state index in [2.05, 4.69) is 16.8 Å². The lowest BCUT2D eigenvalue weighted by Crippen LogP contribution is -2.32. The van der Waals surface area contributed by atoms with E-state index in [1.807, 2.05) is 0 Å². The molecule has 1 fully saturated rings. The van der Waals surface area contributed by atoms with E-state index in [-0.39, 0.29) is 5.82 Å². The summed E-state index contributed by atoms with van der Waals surface area (Å²) in [5.41, 5.74) is 7.72. The fourth-order valence-electron chi connectivity index (χ4n) is 2.73. The second kappa shape index (κ2) is 6.12. The van der Waals surface area contributed by atoms with Crippen molar-refractivity contribution in [3.8, 4) is 11.3 Å². The number of hydrogen-bond donors (Lipinski definition) is 1. The van der Waals surface area contributed by atoms with Crippen molar-refractivity contribution in [3.05, 3.63) is 35.0 Å². The van der Waals surface area contributed by atoms with Crippen LogP contribution in [0.1, 0.15) is 24.6 Å². The normalized spacial score (nSPS) is 17.2. The fourth-order valence-corrected chi connectivity index (χ4v) is 3.63. The van der Waals surface area contributed by atoms with Crippen LogP contribution in [0, 0.1) is 11.7 Å². The van der Waals surface area contributed by atoms with Gasteiger partial charge in [-0.15, -0.1) is 11.3 Å². The summed E-state index contributed by atoms with van der Waals surface area (Å²) in [6.45, 7) is 5.45. The Morgan fingerprint density at radius 2 is 1.95 bits per heavy atom. The van der Waals surface area contributed by atoms with Gasteiger partial charge in [-0.25, -0.2) is 9.37 Å². The lowest BCUT2D eigenvalue weighted by Gasteiger charge is -2.29. The lowest BCUT2D eigenvalue weighted by atomic mass is 9.99. The molecule has 0 unspecified atom stereocenters. The standard InChI is InChI=1S/C16H20FN3S/c1-11-6-8-20(9-7-11)10-14-15(19-16(18)21-14)12-2-4-13(17)5-3-12/h2-5,11H,6-10H2,1H3,(H2,18,19). The smallest absolute Gasteiger partial charge is 0.180 e. The molecule has 21 heavy (non-hydrogen) atoms. The van der Waals surface area contributed by atoms with Gasteiger partial charge < -0.3 is 5.73 Å². The van der Waals surface area contributed by atoms with Crippen LogP contribution in [0.4, 0.5) is 9.52 Å². The zero-order valence-corrected chi connectivity index (χ0v) is 13.0. The van der Waals surface area contributed by atoms with Crippen LogP contribution in [-0.2, 0) is 6.54 Å². The number of thiazole rings is 1. The van der Waals surface area contributed by atoms with Crippen molar-refractivity contribution in [3.63, 3.8) is 0 Å². The highest BCUT2D eigenvalue weighted by Gasteiger charge is 2.19. The Kier molecular flexibility index (Phi) is 4.22. The molecule has 112 valence electrons. The van der Waals surface area contributed by atoms with Gasteiger partial charge >= 0.3 is 0 Å². The van der Waals surface area contributed by atoms with Gasteiger partial charge in [-0.2, -0.15) is 0 Å². The minimum Gasteiger partial charge on any atom is -0.375 e. The van der Waals surface area contributed by atoms with Crippen LogP contribution in [0.15, 0.2) is 24.3 Å². The molecule has 3 rings (SSSR count).